The predicted octanol–water partition coefficient (Wildman–Crippen LogP) is 2.24. The van der Waals surface area contributed by atoms with Crippen LogP contribution in [-0.2, 0) is 7.05 Å². The van der Waals surface area contributed by atoms with E-state index in [1.165, 1.54) is 12.1 Å². The van der Waals surface area contributed by atoms with Crippen LogP contribution in [0.15, 0.2) is 22.8 Å². The molecule has 0 fully saturated rings. The highest BCUT2D eigenvalue weighted by atomic mass is 79.9. The third-order valence-corrected chi connectivity index (χ3v) is 2.59. The Morgan fingerprint density at radius 2 is 2.29 bits per heavy atom. The van der Waals surface area contributed by atoms with E-state index in [0.717, 1.165) is 10.9 Å². The number of aromatic nitrogens is 2. The Hall–Kier alpha value is -1.43. The zero-order valence-corrected chi connectivity index (χ0v) is 8.85. The van der Waals surface area contributed by atoms with E-state index in [1.807, 2.05) is 0 Å². The van der Waals surface area contributed by atoms with E-state index >= 15 is 0 Å². The minimum Gasteiger partial charge on any atom is -0.267 e. The number of aryl methyl sites for hydroxylation is 1. The SMILES string of the molecule is Cn1ncc2cc([N+](=O)[O-])cc(Br)c21. The average molecular weight is 256 g/mol. The molecule has 14 heavy (non-hydrogen) atoms. The summed E-state index contributed by atoms with van der Waals surface area (Å²) >= 11 is 3.28. The van der Waals surface area contributed by atoms with E-state index in [-0.39, 0.29) is 5.69 Å². The molecule has 2 rings (SSSR count). The average Bonchev–Trinajstić information content (AvgIpc) is 2.48. The molecule has 0 saturated carbocycles. The molecule has 1 heterocycles. The summed E-state index contributed by atoms with van der Waals surface area (Å²) in [7, 11) is 1.79. The van der Waals surface area contributed by atoms with Gasteiger partial charge in [-0.1, -0.05) is 0 Å². The number of rotatable bonds is 1. The monoisotopic (exact) mass is 255 g/mol. The number of nitro benzene ring substituents is 1. The zero-order chi connectivity index (χ0) is 10.3. The maximum absolute atomic E-state index is 10.6. The number of benzene rings is 1. The summed E-state index contributed by atoms with van der Waals surface area (Å²) in [5, 5.41) is 15.3. The van der Waals surface area contributed by atoms with Gasteiger partial charge in [-0.25, -0.2) is 0 Å². The Kier molecular flexibility index (Phi) is 1.99. The van der Waals surface area contributed by atoms with Gasteiger partial charge in [-0.15, -0.1) is 0 Å². The highest BCUT2D eigenvalue weighted by molar-refractivity contribution is 9.10. The minimum atomic E-state index is -0.419. The van der Waals surface area contributed by atoms with Crippen molar-refractivity contribution < 1.29 is 4.92 Å². The molecule has 1 aromatic carbocycles. The Morgan fingerprint density at radius 1 is 1.57 bits per heavy atom. The van der Waals surface area contributed by atoms with Crippen molar-refractivity contribution in [1.82, 2.24) is 9.78 Å². The fourth-order valence-corrected chi connectivity index (χ4v) is 2.08. The molecular formula is C8H6BrN3O2. The van der Waals surface area contributed by atoms with Gasteiger partial charge in [-0.05, 0) is 15.9 Å². The van der Waals surface area contributed by atoms with Gasteiger partial charge in [0.15, 0.2) is 0 Å². The first-order valence-electron chi connectivity index (χ1n) is 3.85. The summed E-state index contributed by atoms with van der Waals surface area (Å²) in [6, 6.07) is 2.98. The van der Waals surface area contributed by atoms with Gasteiger partial charge in [0.25, 0.3) is 5.69 Å². The third kappa shape index (κ3) is 1.27. The number of hydrogen-bond donors (Lipinski definition) is 0. The number of non-ortho nitro benzene ring substituents is 1. The second kappa shape index (κ2) is 3.06. The van der Waals surface area contributed by atoms with E-state index in [1.54, 1.807) is 17.9 Å². The predicted molar refractivity (Wildman–Crippen MR) is 55.1 cm³/mol. The van der Waals surface area contributed by atoms with E-state index in [4.69, 9.17) is 0 Å². The molecule has 0 atom stereocenters. The molecule has 0 saturated heterocycles. The molecular weight excluding hydrogens is 250 g/mol. The van der Waals surface area contributed by atoms with Gasteiger partial charge in [0, 0.05) is 24.6 Å². The van der Waals surface area contributed by atoms with Crippen molar-refractivity contribution in [3.05, 3.63) is 32.9 Å². The molecule has 0 aliphatic heterocycles. The molecule has 0 spiro atoms. The number of halogens is 1. The summed E-state index contributed by atoms with van der Waals surface area (Å²) < 4.78 is 2.35. The first-order valence-corrected chi connectivity index (χ1v) is 4.64. The van der Waals surface area contributed by atoms with Crippen LogP contribution in [0.2, 0.25) is 0 Å². The molecule has 0 unspecified atom stereocenters. The van der Waals surface area contributed by atoms with Gasteiger partial charge < -0.3 is 0 Å². The highest BCUT2D eigenvalue weighted by Gasteiger charge is 2.12. The molecule has 0 bridgehead atoms. The number of hydrogen-bond acceptors (Lipinski definition) is 3. The molecule has 0 radical (unpaired) electrons. The number of fused-ring (bicyclic) bond motifs is 1. The minimum absolute atomic E-state index is 0.0670. The van der Waals surface area contributed by atoms with E-state index < -0.39 is 4.92 Å². The molecule has 2 aromatic rings. The molecule has 0 N–H and O–H groups in total. The van der Waals surface area contributed by atoms with Crippen LogP contribution in [0.3, 0.4) is 0 Å². The Labute approximate surface area is 87.6 Å². The van der Waals surface area contributed by atoms with Crippen LogP contribution in [0.1, 0.15) is 0 Å². The highest BCUT2D eigenvalue weighted by Crippen LogP contribution is 2.28. The molecule has 5 nitrogen and oxygen atoms in total. The van der Waals surface area contributed by atoms with E-state index in [0.29, 0.717) is 4.47 Å². The first kappa shape index (κ1) is 9.14. The summed E-state index contributed by atoms with van der Waals surface area (Å²) in [5.41, 5.74) is 0.924. The first-order chi connectivity index (χ1) is 6.59. The lowest BCUT2D eigenvalue weighted by Crippen LogP contribution is -1.91. The zero-order valence-electron chi connectivity index (χ0n) is 7.27. The second-order valence-electron chi connectivity index (χ2n) is 2.89. The Balaban J connectivity index is 2.80. The number of nitro groups is 1. The van der Waals surface area contributed by atoms with Crippen molar-refractivity contribution >= 4 is 32.5 Å². The summed E-state index contributed by atoms with van der Waals surface area (Å²) in [6.45, 7) is 0. The van der Waals surface area contributed by atoms with Crippen LogP contribution in [0.5, 0.6) is 0 Å². The number of nitrogens with zero attached hydrogens (tertiary/aromatic N) is 3. The van der Waals surface area contributed by atoms with Crippen molar-refractivity contribution in [3.63, 3.8) is 0 Å². The normalized spacial score (nSPS) is 10.7. The lowest BCUT2D eigenvalue weighted by Gasteiger charge is -1.97. The van der Waals surface area contributed by atoms with Crippen LogP contribution in [0.4, 0.5) is 5.69 Å². The van der Waals surface area contributed by atoms with Crippen molar-refractivity contribution in [2.75, 3.05) is 0 Å². The largest absolute Gasteiger partial charge is 0.271 e. The smallest absolute Gasteiger partial charge is 0.267 e. The van der Waals surface area contributed by atoms with Gasteiger partial charge in [0.05, 0.1) is 21.1 Å². The van der Waals surface area contributed by atoms with Crippen LogP contribution < -0.4 is 0 Å². The van der Waals surface area contributed by atoms with Crippen LogP contribution >= 0.6 is 15.9 Å². The lowest BCUT2D eigenvalue weighted by atomic mass is 10.2. The van der Waals surface area contributed by atoms with Crippen molar-refractivity contribution in [1.29, 1.82) is 0 Å². The second-order valence-corrected chi connectivity index (χ2v) is 3.75. The van der Waals surface area contributed by atoms with Crippen LogP contribution in [-0.4, -0.2) is 14.7 Å². The molecule has 6 heteroatoms. The van der Waals surface area contributed by atoms with Gasteiger partial charge in [0.1, 0.15) is 0 Å². The fourth-order valence-electron chi connectivity index (χ4n) is 1.36. The van der Waals surface area contributed by atoms with Crippen LogP contribution in [0.25, 0.3) is 10.9 Å². The maximum atomic E-state index is 10.6. The van der Waals surface area contributed by atoms with Crippen molar-refractivity contribution in [3.8, 4) is 0 Å². The fraction of sp³-hybridized carbons (Fsp3) is 0.125. The molecule has 0 aliphatic carbocycles. The Morgan fingerprint density at radius 3 is 2.93 bits per heavy atom. The summed E-state index contributed by atoms with van der Waals surface area (Å²) in [4.78, 5) is 10.1. The van der Waals surface area contributed by atoms with E-state index in [9.17, 15) is 10.1 Å². The summed E-state index contributed by atoms with van der Waals surface area (Å²) in [5.74, 6) is 0. The third-order valence-electron chi connectivity index (χ3n) is 1.98. The van der Waals surface area contributed by atoms with E-state index in [2.05, 4.69) is 21.0 Å². The van der Waals surface area contributed by atoms with Crippen LogP contribution in [0, 0.1) is 10.1 Å². The lowest BCUT2D eigenvalue weighted by molar-refractivity contribution is -0.384. The van der Waals surface area contributed by atoms with Gasteiger partial charge in [0.2, 0.25) is 0 Å². The van der Waals surface area contributed by atoms with Gasteiger partial charge in [-0.2, -0.15) is 5.10 Å². The standard InChI is InChI=1S/C8H6BrN3O2/c1-11-8-5(4-10-11)2-6(12(13)14)3-7(8)9/h2-4H,1H3. The summed E-state index contributed by atoms with van der Waals surface area (Å²) in [6.07, 6.45) is 1.60. The van der Waals surface area contributed by atoms with Gasteiger partial charge in [-0.3, -0.25) is 14.8 Å². The quantitative estimate of drug-likeness (QED) is 0.580. The maximum Gasteiger partial charge on any atom is 0.271 e. The van der Waals surface area contributed by atoms with Gasteiger partial charge >= 0.3 is 0 Å². The molecule has 72 valence electrons. The molecule has 1 aromatic heterocycles. The van der Waals surface area contributed by atoms with Crippen molar-refractivity contribution in [2.24, 2.45) is 7.05 Å². The Bertz CT molecular complexity index is 521. The molecule has 0 amide bonds. The molecule has 0 aliphatic rings. The van der Waals surface area contributed by atoms with Crippen molar-refractivity contribution in [2.45, 2.75) is 0 Å². The topological polar surface area (TPSA) is 61.0 Å².